The third-order valence-corrected chi connectivity index (χ3v) is 9.42. The van der Waals surface area contributed by atoms with Gasteiger partial charge in [0.15, 0.2) is 5.78 Å². The van der Waals surface area contributed by atoms with Crippen LogP contribution >= 0.6 is 0 Å². The number of carbonyl (C=O) groups is 2. The Bertz CT molecular complexity index is 646. The van der Waals surface area contributed by atoms with Crippen LogP contribution in [0.2, 0.25) is 0 Å². The van der Waals surface area contributed by atoms with Crippen molar-refractivity contribution in [1.82, 2.24) is 0 Å². The second-order valence-electron chi connectivity index (χ2n) is 9.97. The molecule has 5 heteroatoms. The average Bonchev–Trinajstić information content (AvgIpc) is 2.84. The fourth-order valence-electron chi connectivity index (χ4n) is 7.61. The Morgan fingerprint density at radius 2 is 1.77 bits per heavy atom. The molecule has 0 amide bonds. The van der Waals surface area contributed by atoms with Gasteiger partial charge in [0.05, 0.1) is 5.60 Å². The lowest BCUT2D eigenvalue weighted by Crippen LogP contribution is -2.66. The molecule has 0 aromatic rings. The van der Waals surface area contributed by atoms with Gasteiger partial charge in [-0.15, -0.1) is 0 Å². The summed E-state index contributed by atoms with van der Waals surface area (Å²) in [5.41, 5.74) is -3.56. The smallest absolute Gasteiger partial charge is 0.190 e. The van der Waals surface area contributed by atoms with Crippen LogP contribution in [0, 0.1) is 28.6 Å². The van der Waals surface area contributed by atoms with Crippen LogP contribution in [-0.4, -0.2) is 44.7 Å². The van der Waals surface area contributed by atoms with Crippen LogP contribution in [0.1, 0.15) is 71.6 Å². The normalized spacial score (nSPS) is 53.6. The predicted octanol–water partition coefficient (Wildman–Crippen LogP) is 2.01. The van der Waals surface area contributed by atoms with Gasteiger partial charge >= 0.3 is 0 Å². The second-order valence-corrected chi connectivity index (χ2v) is 9.97. The molecule has 0 radical (unpaired) electrons. The molecule has 4 rings (SSSR count). The number of fused-ring (bicyclic) bond motifs is 5. The fourth-order valence-corrected chi connectivity index (χ4v) is 7.61. The van der Waals surface area contributed by atoms with Crippen LogP contribution in [-0.2, 0) is 9.59 Å². The van der Waals surface area contributed by atoms with E-state index in [0.29, 0.717) is 43.3 Å². The van der Waals surface area contributed by atoms with Crippen molar-refractivity contribution in [2.24, 2.45) is 28.6 Å². The molecule has 4 fully saturated rings. The largest absolute Gasteiger partial charge is 0.389 e. The highest BCUT2D eigenvalue weighted by atomic mass is 16.3. The number of ketones is 2. The Morgan fingerprint density at radius 1 is 1.04 bits per heavy atom. The minimum absolute atomic E-state index is 0.0521. The molecule has 0 saturated heterocycles. The summed E-state index contributed by atoms with van der Waals surface area (Å²) in [6.07, 6.45) is 6.08. The zero-order valence-corrected chi connectivity index (χ0v) is 16.0. The van der Waals surface area contributed by atoms with Crippen molar-refractivity contribution in [2.75, 3.05) is 6.61 Å². The molecule has 3 N–H and O–H groups in total. The van der Waals surface area contributed by atoms with E-state index < -0.39 is 29.0 Å². The Balaban J connectivity index is 1.71. The third-order valence-electron chi connectivity index (χ3n) is 9.42. The van der Waals surface area contributed by atoms with E-state index in [-0.39, 0.29) is 17.8 Å². The van der Waals surface area contributed by atoms with Crippen LogP contribution in [0.4, 0.5) is 0 Å². The summed E-state index contributed by atoms with van der Waals surface area (Å²) in [6, 6.07) is 0. The summed E-state index contributed by atoms with van der Waals surface area (Å²) in [6.45, 7) is 3.47. The quantitative estimate of drug-likeness (QED) is 0.697. The predicted molar refractivity (Wildman–Crippen MR) is 95.2 cm³/mol. The molecule has 146 valence electrons. The maximum Gasteiger partial charge on any atom is 0.190 e. The minimum Gasteiger partial charge on any atom is -0.389 e. The molecule has 0 spiro atoms. The highest BCUT2D eigenvalue weighted by Gasteiger charge is 2.73. The SMILES string of the molecule is C[C@]12CCC(=O)C[C@@H]1CC[C@H]1[C@H]2CC[C@@]2(C)[C@](O)(C(=O)CO)CC[C@]12O. The zero-order valence-electron chi connectivity index (χ0n) is 16.0. The van der Waals surface area contributed by atoms with E-state index in [1.165, 1.54) is 0 Å². The van der Waals surface area contributed by atoms with Gasteiger partial charge < -0.3 is 15.3 Å². The van der Waals surface area contributed by atoms with Gasteiger partial charge in [0, 0.05) is 18.3 Å². The van der Waals surface area contributed by atoms with Crippen molar-refractivity contribution in [1.29, 1.82) is 0 Å². The average molecular weight is 364 g/mol. The maximum atomic E-state index is 12.4. The van der Waals surface area contributed by atoms with Crippen LogP contribution in [0.5, 0.6) is 0 Å². The van der Waals surface area contributed by atoms with E-state index in [9.17, 15) is 24.9 Å². The van der Waals surface area contributed by atoms with Gasteiger partial charge in [-0.05, 0) is 68.1 Å². The number of hydrogen-bond donors (Lipinski definition) is 3. The first-order valence-electron chi connectivity index (χ1n) is 10.2. The molecular weight excluding hydrogens is 332 g/mol. The van der Waals surface area contributed by atoms with Crippen LogP contribution in [0.25, 0.3) is 0 Å². The number of aliphatic hydroxyl groups excluding tert-OH is 1. The van der Waals surface area contributed by atoms with E-state index in [4.69, 9.17) is 0 Å². The molecule has 4 aliphatic rings. The van der Waals surface area contributed by atoms with Gasteiger partial charge in [0.25, 0.3) is 0 Å². The van der Waals surface area contributed by atoms with Gasteiger partial charge in [-0.25, -0.2) is 0 Å². The molecule has 4 aliphatic carbocycles. The molecular formula is C21H32O5. The number of Topliss-reactive ketones (excluding diaryl/α,β-unsaturated/α-hetero) is 2. The summed E-state index contributed by atoms with van der Waals surface area (Å²) in [4.78, 5) is 24.3. The highest BCUT2D eigenvalue weighted by molar-refractivity contribution is 5.89. The van der Waals surface area contributed by atoms with Crippen molar-refractivity contribution in [3.63, 3.8) is 0 Å². The van der Waals surface area contributed by atoms with Crippen LogP contribution < -0.4 is 0 Å². The number of rotatable bonds is 2. The highest BCUT2D eigenvalue weighted by Crippen LogP contribution is 2.69. The van der Waals surface area contributed by atoms with E-state index >= 15 is 0 Å². The minimum atomic E-state index is -1.64. The molecule has 0 unspecified atom stereocenters. The van der Waals surface area contributed by atoms with E-state index in [1.54, 1.807) is 0 Å². The lowest BCUT2D eigenvalue weighted by Gasteiger charge is -2.63. The zero-order chi connectivity index (χ0) is 19.0. The number of hydrogen-bond acceptors (Lipinski definition) is 5. The first kappa shape index (κ1) is 18.6. The first-order valence-corrected chi connectivity index (χ1v) is 10.2. The first-order chi connectivity index (χ1) is 12.1. The lowest BCUT2D eigenvalue weighted by atomic mass is 9.43. The second kappa shape index (κ2) is 5.62. The number of aliphatic hydroxyl groups is 3. The van der Waals surface area contributed by atoms with Gasteiger partial charge in [-0.1, -0.05) is 13.8 Å². The molecule has 0 heterocycles. The molecule has 0 aromatic heterocycles. The van der Waals surface area contributed by atoms with Gasteiger partial charge in [-0.2, -0.15) is 0 Å². The van der Waals surface area contributed by atoms with E-state index in [1.807, 2.05) is 6.92 Å². The van der Waals surface area contributed by atoms with Gasteiger partial charge in [0.2, 0.25) is 0 Å². The molecule has 7 atom stereocenters. The van der Waals surface area contributed by atoms with Crippen LogP contribution in [0.3, 0.4) is 0 Å². The Morgan fingerprint density at radius 3 is 2.46 bits per heavy atom. The fraction of sp³-hybridized carbons (Fsp3) is 0.905. The van der Waals surface area contributed by atoms with Gasteiger partial charge in [-0.3, -0.25) is 9.59 Å². The monoisotopic (exact) mass is 364 g/mol. The topological polar surface area (TPSA) is 94.8 Å². The molecule has 0 bridgehead atoms. The Labute approximate surface area is 155 Å². The van der Waals surface area contributed by atoms with Crippen molar-refractivity contribution < 1.29 is 24.9 Å². The molecule has 26 heavy (non-hydrogen) atoms. The van der Waals surface area contributed by atoms with Crippen molar-refractivity contribution >= 4 is 11.6 Å². The Hall–Kier alpha value is -0.780. The standard InChI is InChI=1S/C21H32O5/c1-18-7-5-14(23)11-13(18)3-4-16-15(18)6-8-19(2)20(16,25)9-10-21(19,26)17(24)12-22/h13,15-16,22,25-26H,3-12H2,1-2H3/t13-,15+,16-,18-,19+,20-,21+/m0/s1. The van der Waals surface area contributed by atoms with Gasteiger partial charge in [0.1, 0.15) is 18.0 Å². The summed E-state index contributed by atoms with van der Waals surface area (Å²) in [5, 5.41) is 32.4. The molecule has 4 saturated carbocycles. The number of carbonyl (C=O) groups excluding carboxylic acids is 2. The van der Waals surface area contributed by atoms with Crippen molar-refractivity contribution in [3.8, 4) is 0 Å². The van der Waals surface area contributed by atoms with E-state index in [2.05, 4.69) is 6.92 Å². The summed E-state index contributed by atoms with van der Waals surface area (Å²) in [5.74, 6) is 0.596. The van der Waals surface area contributed by atoms with E-state index in [0.717, 1.165) is 25.7 Å². The Kier molecular flexibility index (Phi) is 4.01. The molecule has 0 aromatic carbocycles. The van der Waals surface area contributed by atoms with Crippen molar-refractivity contribution in [2.45, 2.75) is 82.8 Å². The van der Waals surface area contributed by atoms with Crippen LogP contribution in [0.15, 0.2) is 0 Å². The molecule has 5 nitrogen and oxygen atoms in total. The summed E-state index contributed by atoms with van der Waals surface area (Å²) < 4.78 is 0. The summed E-state index contributed by atoms with van der Waals surface area (Å²) in [7, 11) is 0. The summed E-state index contributed by atoms with van der Waals surface area (Å²) >= 11 is 0. The third kappa shape index (κ3) is 2.03. The maximum absolute atomic E-state index is 12.4. The van der Waals surface area contributed by atoms with Crippen molar-refractivity contribution in [3.05, 3.63) is 0 Å². The lowest BCUT2D eigenvalue weighted by molar-refractivity contribution is -0.230. The molecule has 0 aliphatic heterocycles.